The van der Waals surface area contributed by atoms with Crippen molar-refractivity contribution in [2.75, 3.05) is 31.6 Å². The van der Waals surface area contributed by atoms with Crippen LogP contribution in [0.1, 0.15) is 0 Å². The number of aliphatic carboxylic acids is 1. The lowest BCUT2D eigenvalue weighted by atomic mass is 10.0. The summed E-state index contributed by atoms with van der Waals surface area (Å²) < 4.78 is 14.8. The van der Waals surface area contributed by atoms with E-state index in [2.05, 4.69) is 4.99 Å². The third kappa shape index (κ3) is 3.67. The first-order valence-electron chi connectivity index (χ1n) is 8.33. The summed E-state index contributed by atoms with van der Waals surface area (Å²) in [5.74, 6) is -2.13. The lowest BCUT2D eigenvalue weighted by Gasteiger charge is -2.40. The van der Waals surface area contributed by atoms with Gasteiger partial charge in [-0.15, -0.1) is 0 Å². The Morgan fingerprint density at radius 3 is 2.62 bits per heavy atom. The fourth-order valence-corrected chi connectivity index (χ4v) is 3.14. The smallest absolute Gasteiger partial charge is 0.371 e. The summed E-state index contributed by atoms with van der Waals surface area (Å²) >= 11 is 0. The zero-order chi connectivity index (χ0) is 18.7. The van der Waals surface area contributed by atoms with E-state index in [0.717, 1.165) is 11.1 Å². The van der Waals surface area contributed by atoms with Crippen LogP contribution < -0.4 is 10.6 Å². The second-order valence-electron chi connectivity index (χ2n) is 6.26. The molecule has 1 heterocycles. The molecule has 6 nitrogen and oxygen atoms in total. The van der Waals surface area contributed by atoms with Gasteiger partial charge >= 0.3 is 5.97 Å². The number of hydrogen-bond donors (Lipinski definition) is 2. The van der Waals surface area contributed by atoms with Gasteiger partial charge in [-0.3, -0.25) is 0 Å². The molecule has 1 unspecified atom stereocenters. The number of carboxylic acid groups (broad SMARTS) is 1. The van der Waals surface area contributed by atoms with Crippen LogP contribution in [0.5, 0.6) is 0 Å². The molecule has 0 saturated carbocycles. The molecule has 0 radical (unpaired) electrons. The zero-order valence-electron chi connectivity index (χ0n) is 14.5. The number of carboxylic acids is 1. The molecule has 2 aromatic rings. The number of hydrogen-bond acceptors (Lipinski definition) is 4. The molecule has 0 bridgehead atoms. The molecular weight excluding hydrogens is 335 g/mol. The van der Waals surface area contributed by atoms with E-state index in [0.29, 0.717) is 25.3 Å². The quantitative estimate of drug-likeness (QED) is 0.649. The number of likely N-dealkylation sites (N-methyl/N-ethyl adjacent to an activating group) is 1. The maximum Gasteiger partial charge on any atom is 0.371 e. The first kappa shape index (κ1) is 17.9. The number of piperazine rings is 1. The summed E-state index contributed by atoms with van der Waals surface area (Å²) in [7, 11) is 1.91. The van der Waals surface area contributed by atoms with Gasteiger partial charge in [0, 0.05) is 25.2 Å². The van der Waals surface area contributed by atoms with Crippen LogP contribution in [-0.4, -0.2) is 54.7 Å². The molecule has 7 heteroatoms. The van der Waals surface area contributed by atoms with Gasteiger partial charge in [-0.2, -0.15) is 0 Å². The summed E-state index contributed by atoms with van der Waals surface area (Å²) in [6.07, 6.45) is -0.579. The molecule has 3 rings (SSSR count). The number of nitrogens with two attached hydrogens (primary N) is 1. The fraction of sp³-hybridized carbons (Fsp3) is 0.263. The minimum Gasteiger partial charge on any atom is -0.475 e. The number of rotatable bonds is 3. The van der Waals surface area contributed by atoms with E-state index < -0.39 is 18.0 Å². The van der Waals surface area contributed by atoms with Gasteiger partial charge in [0.05, 0.1) is 5.69 Å². The molecule has 1 aliphatic heterocycles. The van der Waals surface area contributed by atoms with Gasteiger partial charge in [-0.1, -0.05) is 42.5 Å². The summed E-state index contributed by atoms with van der Waals surface area (Å²) in [5.41, 5.74) is 7.57. The molecule has 2 aromatic carbocycles. The maximum atomic E-state index is 14.8. The first-order chi connectivity index (χ1) is 12.5. The normalized spacial score (nSPS) is 18.8. The molecule has 0 aromatic heterocycles. The fourth-order valence-electron chi connectivity index (χ4n) is 3.14. The summed E-state index contributed by atoms with van der Waals surface area (Å²) in [6.45, 7) is 1.68. The Morgan fingerprint density at radius 2 is 1.92 bits per heavy atom. The van der Waals surface area contributed by atoms with Gasteiger partial charge in [0.2, 0.25) is 5.84 Å². The van der Waals surface area contributed by atoms with E-state index in [1.165, 1.54) is 6.07 Å². The number of para-hydroxylation sites is 1. The first-order valence-corrected chi connectivity index (χ1v) is 8.33. The van der Waals surface area contributed by atoms with E-state index >= 15 is 0 Å². The predicted molar refractivity (Wildman–Crippen MR) is 99.7 cm³/mol. The van der Waals surface area contributed by atoms with Crippen molar-refractivity contribution >= 4 is 17.5 Å². The maximum absolute atomic E-state index is 14.8. The summed E-state index contributed by atoms with van der Waals surface area (Å²) in [5, 5.41) is 9.06. The van der Waals surface area contributed by atoms with Crippen molar-refractivity contribution in [1.82, 2.24) is 4.90 Å². The molecular formula is C19H21FN4O2. The van der Waals surface area contributed by atoms with Crippen molar-refractivity contribution in [3.05, 3.63) is 54.3 Å². The van der Waals surface area contributed by atoms with Crippen LogP contribution >= 0.6 is 0 Å². The topological polar surface area (TPSA) is 82.2 Å². The third-order valence-electron chi connectivity index (χ3n) is 4.42. The minimum atomic E-state index is -1.28. The van der Waals surface area contributed by atoms with Gasteiger partial charge in [0.1, 0.15) is 12.0 Å². The molecule has 1 saturated heterocycles. The third-order valence-corrected chi connectivity index (χ3v) is 4.42. The number of anilines is 1. The number of halogens is 1. The van der Waals surface area contributed by atoms with Crippen molar-refractivity contribution in [2.45, 2.75) is 6.17 Å². The molecule has 0 spiro atoms. The molecule has 1 aliphatic rings. The van der Waals surface area contributed by atoms with Gasteiger partial charge in [0.15, 0.2) is 0 Å². The SMILES string of the molecule is CN1CCN(c2c(F)cccc2-c2ccccc2)C(/N=C(\N)C(=O)O)C1. The van der Waals surface area contributed by atoms with Crippen LogP contribution in [0, 0.1) is 5.82 Å². The van der Waals surface area contributed by atoms with Gasteiger partial charge in [-0.05, 0) is 18.7 Å². The lowest BCUT2D eigenvalue weighted by molar-refractivity contribution is -0.129. The molecule has 1 atom stereocenters. The van der Waals surface area contributed by atoms with E-state index in [9.17, 15) is 9.18 Å². The molecule has 0 aliphatic carbocycles. The second-order valence-corrected chi connectivity index (χ2v) is 6.26. The van der Waals surface area contributed by atoms with Crippen molar-refractivity contribution in [2.24, 2.45) is 10.7 Å². The number of carbonyl (C=O) groups is 1. The zero-order valence-corrected chi connectivity index (χ0v) is 14.5. The Morgan fingerprint density at radius 1 is 1.19 bits per heavy atom. The Labute approximate surface area is 151 Å². The summed E-state index contributed by atoms with van der Waals surface area (Å²) in [6, 6.07) is 14.4. The number of nitrogens with zero attached hydrogens (tertiary/aromatic N) is 3. The highest BCUT2D eigenvalue weighted by Gasteiger charge is 2.29. The Kier molecular flexibility index (Phi) is 5.18. The number of aliphatic imine (C=N–C) groups is 1. The van der Waals surface area contributed by atoms with Crippen molar-refractivity contribution in [3.63, 3.8) is 0 Å². The van der Waals surface area contributed by atoms with E-state index in [1.54, 1.807) is 11.0 Å². The Bertz CT molecular complexity index is 826. The molecule has 0 amide bonds. The largest absolute Gasteiger partial charge is 0.475 e. The molecule has 136 valence electrons. The average molecular weight is 356 g/mol. The van der Waals surface area contributed by atoms with Crippen molar-refractivity contribution < 1.29 is 14.3 Å². The van der Waals surface area contributed by atoms with E-state index in [4.69, 9.17) is 10.8 Å². The lowest BCUT2D eigenvalue weighted by Crippen LogP contribution is -2.52. The van der Waals surface area contributed by atoms with Crippen molar-refractivity contribution in [3.8, 4) is 11.1 Å². The van der Waals surface area contributed by atoms with Gasteiger partial charge in [-0.25, -0.2) is 14.2 Å². The highest BCUT2D eigenvalue weighted by molar-refractivity contribution is 6.33. The second kappa shape index (κ2) is 7.53. The predicted octanol–water partition coefficient (Wildman–Crippen LogP) is 2.01. The monoisotopic (exact) mass is 356 g/mol. The number of benzene rings is 2. The minimum absolute atomic E-state index is 0.370. The highest BCUT2D eigenvalue weighted by Crippen LogP contribution is 2.35. The Hall–Kier alpha value is -2.93. The van der Waals surface area contributed by atoms with Crippen LogP contribution in [0.2, 0.25) is 0 Å². The van der Waals surface area contributed by atoms with E-state index in [1.807, 2.05) is 48.3 Å². The molecule has 26 heavy (non-hydrogen) atoms. The van der Waals surface area contributed by atoms with Crippen LogP contribution in [-0.2, 0) is 4.79 Å². The van der Waals surface area contributed by atoms with Crippen LogP contribution in [0.3, 0.4) is 0 Å². The van der Waals surface area contributed by atoms with Crippen LogP contribution in [0.15, 0.2) is 53.5 Å². The van der Waals surface area contributed by atoms with Gasteiger partial charge < -0.3 is 20.6 Å². The standard InChI is InChI=1S/C19H21FN4O2/c1-23-10-11-24(16(12-23)22-18(21)19(25)26)17-14(8-5-9-15(17)20)13-6-3-2-4-7-13/h2-9,16H,10-12H2,1H3,(H2,21,22)(H,25,26). The summed E-state index contributed by atoms with van der Waals surface area (Å²) in [4.78, 5) is 19.0. The molecule has 3 N–H and O–H groups in total. The van der Waals surface area contributed by atoms with Crippen LogP contribution in [0.25, 0.3) is 11.1 Å². The highest BCUT2D eigenvalue weighted by atomic mass is 19.1. The van der Waals surface area contributed by atoms with Crippen molar-refractivity contribution in [1.29, 1.82) is 0 Å². The van der Waals surface area contributed by atoms with Crippen LogP contribution in [0.4, 0.5) is 10.1 Å². The van der Waals surface area contributed by atoms with E-state index in [-0.39, 0.29) is 5.82 Å². The average Bonchev–Trinajstić information content (AvgIpc) is 2.63. The molecule has 1 fully saturated rings. The Balaban J connectivity index is 2.08. The number of amidine groups is 1. The van der Waals surface area contributed by atoms with Gasteiger partial charge in [0.25, 0.3) is 0 Å².